The number of anilines is 2. The van der Waals surface area contributed by atoms with Crippen LogP contribution in [0.3, 0.4) is 0 Å². The molecule has 1 aromatic heterocycles. The first-order chi connectivity index (χ1) is 8.19. The molecule has 0 atom stereocenters. The van der Waals surface area contributed by atoms with Gasteiger partial charge >= 0.3 is 0 Å². The van der Waals surface area contributed by atoms with Crippen LogP contribution >= 0.6 is 0 Å². The summed E-state index contributed by atoms with van der Waals surface area (Å²) in [5.74, 6) is 0.865. The lowest BCUT2D eigenvalue weighted by Gasteiger charge is -2.09. The van der Waals surface area contributed by atoms with Gasteiger partial charge < -0.3 is 11.1 Å². The molecule has 0 saturated heterocycles. The highest BCUT2D eigenvalue weighted by atomic mass is 19.1. The monoisotopic (exact) mass is 232 g/mol. The van der Waals surface area contributed by atoms with Crippen LogP contribution in [0, 0.1) is 12.7 Å². The number of nitrogens with one attached hydrogen (secondary N) is 1. The molecule has 1 aromatic carbocycles. The van der Waals surface area contributed by atoms with Crippen molar-refractivity contribution in [3.8, 4) is 0 Å². The summed E-state index contributed by atoms with van der Waals surface area (Å²) in [6.45, 7) is 2.17. The van der Waals surface area contributed by atoms with Gasteiger partial charge in [0.1, 0.15) is 17.5 Å². The highest BCUT2D eigenvalue weighted by Crippen LogP contribution is 2.19. The molecule has 2 rings (SSSR count). The Kier molecular flexibility index (Phi) is 3.30. The molecule has 88 valence electrons. The number of nitrogens with zero attached hydrogens (tertiary/aromatic N) is 2. The predicted octanol–water partition coefficient (Wildman–Crippen LogP) is 2.13. The van der Waals surface area contributed by atoms with Gasteiger partial charge in [-0.25, -0.2) is 14.4 Å². The summed E-state index contributed by atoms with van der Waals surface area (Å²) in [6, 6.07) is 6.28. The maximum atomic E-state index is 13.1. The molecule has 0 spiro atoms. The number of rotatable bonds is 3. The minimum atomic E-state index is -0.286. The quantitative estimate of drug-likeness (QED) is 0.850. The molecule has 17 heavy (non-hydrogen) atoms. The molecule has 0 aliphatic carbocycles. The molecule has 0 saturated carbocycles. The molecule has 0 amide bonds. The van der Waals surface area contributed by atoms with Gasteiger partial charge in [-0.1, -0.05) is 6.07 Å². The van der Waals surface area contributed by atoms with Crippen LogP contribution in [0.1, 0.15) is 11.4 Å². The molecule has 0 aliphatic rings. The van der Waals surface area contributed by atoms with Crippen molar-refractivity contribution in [3.63, 3.8) is 0 Å². The van der Waals surface area contributed by atoms with Gasteiger partial charge in [-0.05, 0) is 30.7 Å². The van der Waals surface area contributed by atoms with Crippen molar-refractivity contribution in [2.75, 3.05) is 5.32 Å². The van der Waals surface area contributed by atoms with Crippen molar-refractivity contribution in [2.45, 2.75) is 13.5 Å². The van der Waals surface area contributed by atoms with Crippen LogP contribution in [0.5, 0.6) is 0 Å². The SMILES string of the molecule is Cc1ccc(F)cc1Nc1ccnc(CN)n1. The number of nitrogens with two attached hydrogens (primary N) is 1. The Morgan fingerprint density at radius 1 is 1.35 bits per heavy atom. The maximum absolute atomic E-state index is 13.1. The second-order valence-electron chi connectivity index (χ2n) is 3.65. The van der Waals surface area contributed by atoms with Crippen molar-refractivity contribution in [2.24, 2.45) is 5.73 Å². The molecule has 1 heterocycles. The molecule has 0 radical (unpaired) electrons. The Bertz CT molecular complexity index is 528. The van der Waals surface area contributed by atoms with E-state index in [1.54, 1.807) is 18.3 Å². The molecule has 4 nitrogen and oxygen atoms in total. The molecule has 0 unspecified atom stereocenters. The van der Waals surface area contributed by atoms with E-state index in [0.29, 0.717) is 17.3 Å². The first kappa shape index (κ1) is 11.5. The Morgan fingerprint density at radius 3 is 2.94 bits per heavy atom. The summed E-state index contributed by atoms with van der Waals surface area (Å²) in [4.78, 5) is 8.18. The van der Waals surface area contributed by atoms with Crippen LogP contribution in [-0.2, 0) is 6.54 Å². The summed E-state index contributed by atoms with van der Waals surface area (Å²) < 4.78 is 13.1. The van der Waals surface area contributed by atoms with Crippen LogP contribution < -0.4 is 11.1 Å². The van der Waals surface area contributed by atoms with E-state index in [-0.39, 0.29) is 12.4 Å². The van der Waals surface area contributed by atoms with Crippen molar-refractivity contribution < 1.29 is 4.39 Å². The summed E-state index contributed by atoms with van der Waals surface area (Å²) in [7, 11) is 0. The molecule has 2 aromatic rings. The lowest BCUT2D eigenvalue weighted by atomic mass is 10.2. The average Bonchev–Trinajstić information content (AvgIpc) is 2.34. The van der Waals surface area contributed by atoms with E-state index < -0.39 is 0 Å². The van der Waals surface area contributed by atoms with Gasteiger partial charge in [-0.2, -0.15) is 0 Å². The summed E-state index contributed by atoms with van der Waals surface area (Å²) in [5.41, 5.74) is 7.08. The van der Waals surface area contributed by atoms with Crippen molar-refractivity contribution >= 4 is 11.5 Å². The number of hydrogen-bond acceptors (Lipinski definition) is 4. The fourth-order valence-corrected chi connectivity index (χ4v) is 1.43. The van der Waals surface area contributed by atoms with Gasteiger partial charge in [0.2, 0.25) is 0 Å². The van der Waals surface area contributed by atoms with Gasteiger partial charge in [-0.3, -0.25) is 0 Å². The topological polar surface area (TPSA) is 63.8 Å². The van der Waals surface area contributed by atoms with Gasteiger partial charge in [0.15, 0.2) is 0 Å². The summed E-state index contributed by atoms with van der Waals surface area (Å²) in [5, 5.41) is 3.04. The van der Waals surface area contributed by atoms with Crippen LogP contribution in [0.25, 0.3) is 0 Å². The second kappa shape index (κ2) is 4.88. The third kappa shape index (κ3) is 2.76. The second-order valence-corrected chi connectivity index (χ2v) is 3.65. The van der Waals surface area contributed by atoms with Crippen molar-refractivity contribution in [1.82, 2.24) is 9.97 Å². The zero-order chi connectivity index (χ0) is 12.3. The molecule has 0 fully saturated rings. The van der Waals surface area contributed by atoms with E-state index in [0.717, 1.165) is 5.56 Å². The number of benzene rings is 1. The molecular weight excluding hydrogens is 219 g/mol. The van der Waals surface area contributed by atoms with Gasteiger partial charge in [0.05, 0.1) is 6.54 Å². The fourth-order valence-electron chi connectivity index (χ4n) is 1.43. The highest BCUT2D eigenvalue weighted by molar-refractivity contribution is 5.59. The van der Waals surface area contributed by atoms with Gasteiger partial charge in [0, 0.05) is 11.9 Å². The maximum Gasteiger partial charge on any atom is 0.144 e. The Balaban J connectivity index is 2.27. The van der Waals surface area contributed by atoms with E-state index in [4.69, 9.17) is 5.73 Å². The van der Waals surface area contributed by atoms with Crippen LogP contribution in [0.2, 0.25) is 0 Å². The summed E-state index contributed by atoms with van der Waals surface area (Å²) in [6.07, 6.45) is 1.62. The van der Waals surface area contributed by atoms with Crippen LogP contribution in [-0.4, -0.2) is 9.97 Å². The Morgan fingerprint density at radius 2 is 2.18 bits per heavy atom. The molecule has 0 aliphatic heterocycles. The number of halogens is 1. The van der Waals surface area contributed by atoms with Gasteiger partial charge in [-0.15, -0.1) is 0 Å². The Hall–Kier alpha value is -2.01. The van der Waals surface area contributed by atoms with E-state index in [9.17, 15) is 4.39 Å². The number of aryl methyl sites for hydroxylation is 1. The van der Waals surface area contributed by atoms with Gasteiger partial charge in [0.25, 0.3) is 0 Å². The minimum absolute atomic E-state index is 0.275. The van der Waals surface area contributed by atoms with E-state index >= 15 is 0 Å². The number of hydrogen-bond donors (Lipinski definition) is 2. The predicted molar refractivity (Wildman–Crippen MR) is 64.3 cm³/mol. The third-order valence-electron chi connectivity index (χ3n) is 2.35. The first-order valence-electron chi connectivity index (χ1n) is 5.24. The molecule has 3 N–H and O–H groups in total. The highest BCUT2D eigenvalue weighted by Gasteiger charge is 2.02. The largest absolute Gasteiger partial charge is 0.340 e. The zero-order valence-corrected chi connectivity index (χ0v) is 9.44. The van der Waals surface area contributed by atoms with Crippen LogP contribution in [0.15, 0.2) is 30.5 Å². The normalized spacial score (nSPS) is 10.3. The molecular formula is C12H13FN4. The smallest absolute Gasteiger partial charge is 0.144 e. The van der Waals surface area contributed by atoms with E-state index in [1.807, 2.05) is 6.92 Å². The fraction of sp³-hybridized carbons (Fsp3) is 0.167. The average molecular weight is 232 g/mol. The number of aromatic nitrogens is 2. The minimum Gasteiger partial charge on any atom is -0.340 e. The van der Waals surface area contributed by atoms with E-state index in [1.165, 1.54) is 12.1 Å². The zero-order valence-electron chi connectivity index (χ0n) is 9.44. The molecule has 5 heteroatoms. The summed E-state index contributed by atoms with van der Waals surface area (Å²) >= 11 is 0. The molecule has 0 bridgehead atoms. The van der Waals surface area contributed by atoms with Crippen molar-refractivity contribution in [1.29, 1.82) is 0 Å². The third-order valence-corrected chi connectivity index (χ3v) is 2.35. The van der Waals surface area contributed by atoms with E-state index in [2.05, 4.69) is 15.3 Å². The first-order valence-corrected chi connectivity index (χ1v) is 5.24. The lowest BCUT2D eigenvalue weighted by Crippen LogP contribution is -2.05. The van der Waals surface area contributed by atoms with Crippen LogP contribution in [0.4, 0.5) is 15.9 Å². The van der Waals surface area contributed by atoms with Crippen molar-refractivity contribution in [3.05, 3.63) is 47.7 Å². The standard InChI is InChI=1S/C12H13FN4/c1-8-2-3-9(13)6-10(8)16-11-4-5-15-12(7-14)17-11/h2-6H,7,14H2,1H3,(H,15,16,17). The Labute approximate surface area is 98.7 Å². The lowest BCUT2D eigenvalue weighted by molar-refractivity contribution is 0.628.